The lowest BCUT2D eigenvalue weighted by molar-refractivity contribution is 0.949. The number of aromatic nitrogens is 3. The molecule has 2 rings (SSSR count). The molecule has 0 aromatic carbocycles. The smallest absolute Gasteiger partial charge is 0.224 e. The Kier molecular flexibility index (Phi) is 5.97. The van der Waals surface area contributed by atoms with E-state index in [1.807, 2.05) is 30.7 Å². The van der Waals surface area contributed by atoms with Gasteiger partial charge in [-0.15, -0.1) is 0 Å². The number of hydrogen-bond donors (Lipinski definition) is 2. The summed E-state index contributed by atoms with van der Waals surface area (Å²) < 4.78 is 1.04. The second-order valence-electron chi connectivity index (χ2n) is 4.35. The molecule has 0 spiro atoms. The van der Waals surface area contributed by atoms with Crippen molar-refractivity contribution < 1.29 is 0 Å². The molecule has 106 valence electrons. The predicted octanol–water partition coefficient (Wildman–Crippen LogP) is 2.95. The van der Waals surface area contributed by atoms with Gasteiger partial charge in [0, 0.05) is 31.7 Å². The van der Waals surface area contributed by atoms with E-state index in [0.29, 0.717) is 5.95 Å². The minimum absolute atomic E-state index is 0.665. The summed E-state index contributed by atoms with van der Waals surface area (Å²) in [7, 11) is 0. The largest absolute Gasteiger partial charge is 0.369 e. The van der Waals surface area contributed by atoms with Crippen molar-refractivity contribution in [2.24, 2.45) is 0 Å². The highest BCUT2D eigenvalue weighted by atomic mass is 127. The molecule has 0 fully saturated rings. The summed E-state index contributed by atoms with van der Waals surface area (Å²) in [5.74, 6) is 1.56. The summed E-state index contributed by atoms with van der Waals surface area (Å²) in [5, 5.41) is 6.56. The number of nitrogens with one attached hydrogen (secondary N) is 2. The first-order chi connectivity index (χ1) is 9.79. The molecule has 0 saturated carbocycles. The van der Waals surface area contributed by atoms with Gasteiger partial charge in [-0.2, -0.15) is 4.98 Å². The highest BCUT2D eigenvalue weighted by molar-refractivity contribution is 14.1. The average Bonchev–Trinajstić information content (AvgIpc) is 2.49. The van der Waals surface area contributed by atoms with Crippen molar-refractivity contribution in [3.63, 3.8) is 0 Å². The summed E-state index contributed by atoms with van der Waals surface area (Å²) in [5.41, 5.74) is 1.25. The van der Waals surface area contributed by atoms with Crippen LogP contribution in [0.2, 0.25) is 0 Å². The molecule has 0 radical (unpaired) electrons. The molecule has 0 amide bonds. The molecule has 2 aromatic rings. The van der Waals surface area contributed by atoms with Crippen LogP contribution in [0.15, 0.2) is 30.7 Å². The Labute approximate surface area is 132 Å². The fourth-order valence-electron chi connectivity index (χ4n) is 1.69. The number of hydrogen-bond acceptors (Lipinski definition) is 5. The molecule has 0 atom stereocenters. The molecule has 0 aliphatic rings. The molecular formula is C14H18IN5. The molecule has 2 heterocycles. The molecule has 0 aliphatic carbocycles. The fraction of sp³-hybridized carbons (Fsp3) is 0.357. The molecule has 0 unspecified atom stereocenters. The first-order valence-corrected chi connectivity index (χ1v) is 7.76. The fourth-order valence-corrected chi connectivity index (χ4v) is 2.14. The van der Waals surface area contributed by atoms with E-state index < -0.39 is 0 Å². The molecule has 5 nitrogen and oxygen atoms in total. The van der Waals surface area contributed by atoms with Gasteiger partial charge in [0.2, 0.25) is 5.95 Å². The third-order valence-corrected chi connectivity index (χ3v) is 3.52. The SMILES string of the molecule is CCCNc1nc(NCCc2ccncc2)ncc1I. The summed E-state index contributed by atoms with van der Waals surface area (Å²) in [4.78, 5) is 12.8. The molecule has 6 heteroatoms. The van der Waals surface area contributed by atoms with Gasteiger partial charge in [0.15, 0.2) is 0 Å². The second kappa shape index (κ2) is 7.98. The zero-order valence-corrected chi connectivity index (χ0v) is 13.6. The maximum absolute atomic E-state index is 4.49. The summed E-state index contributed by atoms with van der Waals surface area (Å²) in [6.45, 7) is 3.86. The number of nitrogens with zero attached hydrogens (tertiary/aromatic N) is 3. The van der Waals surface area contributed by atoms with Gasteiger partial charge in [0.25, 0.3) is 0 Å². The Morgan fingerprint density at radius 3 is 2.70 bits per heavy atom. The Morgan fingerprint density at radius 2 is 1.95 bits per heavy atom. The molecule has 2 aromatic heterocycles. The maximum atomic E-state index is 4.49. The number of halogens is 1. The van der Waals surface area contributed by atoms with E-state index in [-0.39, 0.29) is 0 Å². The zero-order valence-electron chi connectivity index (χ0n) is 11.4. The lowest BCUT2D eigenvalue weighted by Crippen LogP contribution is -2.11. The zero-order chi connectivity index (χ0) is 14.2. The van der Waals surface area contributed by atoms with Crippen LogP contribution in [0, 0.1) is 3.57 Å². The summed E-state index contributed by atoms with van der Waals surface area (Å²) in [6, 6.07) is 4.04. The maximum Gasteiger partial charge on any atom is 0.224 e. The Bertz CT molecular complexity index is 532. The monoisotopic (exact) mass is 383 g/mol. The van der Waals surface area contributed by atoms with Crippen LogP contribution in [-0.4, -0.2) is 28.0 Å². The van der Waals surface area contributed by atoms with E-state index in [2.05, 4.69) is 55.1 Å². The van der Waals surface area contributed by atoms with Gasteiger partial charge in [-0.3, -0.25) is 4.98 Å². The van der Waals surface area contributed by atoms with Gasteiger partial charge >= 0.3 is 0 Å². The van der Waals surface area contributed by atoms with Crippen molar-refractivity contribution in [3.05, 3.63) is 39.9 Å². The van der Waals surface area contributed by atoms with Crippen LogP contribution >= 0.6 is 22.6 Å². The van der Waals surface area contributed by atoms with Crippen molar-refractivity contribution in [1.29, 1.82) is 0 Å². The van der Waals surface area contributed by atoms with E-state index in [9.17, 15) is 0 Å². The minimum atomic E-state index is 0.665. The van der Waals surface area contributed by atoms with E-state index in [4.69, 9.17) is 0 Å². The van der Waals surface area contributed by atoms with Crippen molar-refractivity contribution in [2.45, 2.75) is 19.8 Å². The van der Waals surface area contributed by atoms with Gasteiger partial charge in [0.1, 0.15) is 5.82 Å². The lowest BCUT2D eigenvalue weighted by atomic mass is 10.2. The lowest BCUT2D eigenvalue weighted by Gasteiger charge is -2.09. The quantitative estimate of drug-likeness (QED) is 0.720. The normalized spacial score (nSPS) is 10.3. The van der Waals surface area contributed by atoms with Gasteiger partial charge in [-0.25, -0.2) is 4.98 Å². The van der Waals surface area contributed by atoms with Crippen LogP contribution in [0.25, 0.3) is 0 Å². The van der Waals surface area contributed by atoms with Crippen LogP contribution in [0.4, 0.5) is 11.8 Å². The third kappa shape index (κ3) is 4.59. The van der Waals surface area contributed by atoms with Gasteiger partial charge in [-0.05, 0) is 53.1 Å². The molecule has 20 heavy (non-hydrogen) atoms. The van der Waals surface area contributed by atoms with Gasteiger partial charge < -0.3 is 10.6 Å². The van der Waals surface area contributed by atoms with Crippen LogP contribution in [-0.2, 0) is 6.42 Å². The number of anilines is 2. The third-order valence-electron chi connectivity index (χ3n) is 2.73. The van der Waals surface area contributed by atoms with E-state index in [0.717, 1.165) is 35.3 Å². The Morgan fingerprint density at radius 1 is 1.15 bits per heavy atom. The Balaban J connectivity index is 1.89. The van der Waals surface area contributed by atoms with Crippen LogP contribution in [0.5, 0.6) is 0 Å². The molecule has 0 aliphatic heterocycles. The molecule has 2 N–H and O–H groups in total. The minimum Gasteiger partial charge on any atom is -0.369 e. The van der Waals surface area contributed by atoms with Crippen molar-refractivity contribution >= 4 is 34.4 Å². The standard InChI is InChI=1S/C14H18IN5/c1-2-6-17-13-12(15)10-19-14(20-13)18-9-5-11-3-7-16-8-4-11/h3-4,7-8,10H,2,5-6,9H2,1H3,(H2,17,18,19,20). The van der Waals surface area contributed by atoms with Crippen molar-refractivity contribution in [3.8, 4) is 0 Å². The predicted molar refractivity (Wildman–Crippen MR) is 90.0 cm³/mol. The van der Waals surface area contributed by atoms with Crippen LogP contribution in [0.1, 0.15) is 18.9 Å². The van der Waals surface area contributed by atoms with E-state index in [1.165, 1.54) is 5.56 Å². The highest BCUT2D eigenvalue weighted by Crippen LogP contribution is 2.15. The second-order valence-corrected chi connectivity index (χ2v) is 5.51. The molecule has 0 bridgehead atoms. The summed E-state index contributed by atoms with van der Waals surface area (Å²) in [6.07, 6.45) is 7.45. The first kappa shape index (κ1) is 15.0. The van der Waals surface area contributed by atoms with Gasteiger partial charge in [-0.1, -0.05) is 6.92 Å². The van der Waals surface area contributed by atoms with Crippen LogP contribution < -0.4 is 10.6 Å². The first-order valence-electron chi connectivity index (χ1n) is 6.68. The van der Waals surface area contributed by atoms with E-state index >= 15 is 0 Å². The summed E-state index contributed by atoms with van der Waals surface area (Å²) >= 11 is 2.24. The number of rotatable bonds is 7. The Hall–Kier alpha value is -1.44. The topological polar surface area (TPSA) is 62.7 Å². The highest BCUT2D eigenvalue weighted by Gasteiger charge is 2.04. The van der Waals surface area contributed by atoms with Crippen molar-refractivity contribution in [2.75, 3.05) is 23.7 Å². The van der Waals surface area contributed by atoms with E-state index in [1.54, 1.807) is 0 Å². The van der Waals surface area contributed by atoms with Crippen molar-refractivity contribution in [1.82, 2.24) is 15.0 Å². The number of pyridine rings is 1. The average molecular weight is 383 g/mol. The van der Waals surface area contributed by atoms with Gasteiger partial charge in [0.05, 0.1) is 3.57 Å². The van der Waals surface area contributed by atoms with Crippen LogP contribution in [0.3, 0.4) is 0 Å². The molecular weight excluding hydrogens is 365 g/mol. The molecule has 0 saturated heterocycles.